The number of aromatic nitrogens is 3. The Hall–Kier alpha value is -2.54. The molecule has 0 radical (unpaired) electrons. The Balaban J connectivity index is 1.66. The van der Waals surface area contributed by atoms with Crippen LogP contribution in [0.15, 0.2) is 55.0 Å². The molecule has 0 saturated carbocycles. The Kier molecular flexibility index (Phi) is 6.44. The maximum absolute atomic E-state index is 12.4. The van der Waals surface area contributed by atoms with Gasteiger partial charge >= 0.3 is 0 Å². The van der Waals surface area contributed by atoms with Gasteiger partial charge in [0.15, 0.2) is 0 Å². The summed E-state index contributed by atoms with van der Waals surface area (Å²) in [4.78, 5) is 6.75. The predicted octanol–water partition coefficient (Wildman–Crippen LogP) is 3.97. The van der Waals surface area contributed by atoms with Crippen LogP contribution in [0.4, 0.5) is 0 Å². The zero-order valence-corrected chi connectivity index (χ0v) is 21.3. The molecular formula is C28H38N4O2. The fourth-order valence-corrected chi connectivity index (χ4v) is 5.39. The molecule has 2 N–H and O–H groups in total. The molecule has 1 fully saturated rings. The summed E-state index contributed by atoms with van der Waals surface area (Å²) < 4.78 is 1.70. The summed E-state index contributed by atoms with van der Waals surface area (Å²) in [5, 5.41) is 27.8. The highest BCUT2D eigenvalue weighted by atomic mass is 16.3. The van der Waals surface area contributed by atoms with E-state index >= 15 is 0 Å². The summed E-state index contributed by atoms with van der Waals surface area (Å²) in [7, 11) is 3.93. The first-order valence-electron chi connectivity index (χ1n) is 12.1. The molecule has 6 nitrogen and oxygen atoms in total. The van der Waals surface area contributed by atoms with E-state index in [0.29, 0.717) is 24.5 Å². The average Bonchev–Trinajstić information content (AvgIpc) is 3.24. The Morgan fingerprint density at radius 1 is 1.03 bits per heavy atom. The fourth-order valence-electron chi connectivity index (χ4n) is 5.39. The quantitative estimate of drug-likeness (QED) is 0.530. The van der Waals surface area contributed by atoms with E-state index in [-0.39, 0.29) is 5.41 Å². The first-order chi connectivity index (χ1) is 15.9. The van der Waals surface area contributed by atoms with E-state index in [1.165, 1.54) is 5.56 Å². The van der Waals surface area contributed by atoms with Crippen molar-refractivity contribution in [2.45, 2.75) is 57.7 Å². The zero-order valence-electron chi connectivity index (χ0n) is 21.3. The minimum atomic E-state index is -1.17. The van der Waals surface area contributed by atoms with Crippen molar-refractivity contribution in [1.29, 1.82) is 0 Å². The van der Waals surface area contributed by atoms with Crippen LogP contribution >= 0.6 is 0 Å². The van der Waals surface area contributed by atoms with Crippen LogP contribution in [0.2, 0.25) is 0 Å². The van der Waals surface area contributed by atoms with Crippen LogP contribution in [0, 0.1) is 5.41 Å². The van der Waals surface area contributed by atoms with Crippen LogP contribution in [0.1, 0.15) is 68.0 Å². The Morgan fingerprint density at radius 3 is 2.26 bits per heavy atom. The van der Waals surface area contributed by atoms with E-state index in [1.807, 2.05) is 25.5 Å². The van der Waals surface area contributed by atoms with E-state index in [1.54, 1.807) is 17.8 Å². The number of nitrogens with zero attached hydrogens (tertiary/aromatic N) is 4. The number of benzene rings is 1. The van der Waals surface area contributed by atoms with E-state index < -0.39 is 11.2 Å². The molecule has 0 bridgehead atoms. The highest BCUT2D eigenvalue weighted by Crippen LogP contribution is 2.50. The van der Waals surface area contributed by atoms with Crippen LogP contribution in [-0.4, -0.2) is 50.0 Å². The molecule has 2 unspecified atom stereocenters. The standard InChI is InChI=1S/C28H38N4O2/c1-20(2)22-7-9-23(10-8-22)28(34,26(3)18-31(5)19-26)24-15-21(16-29-17-24)11-13-27(4,33)25-12-14-32(6)30-25/h7-10,12,14-17,20,33-34H,11,13,18-19H2,1-6H3. The minimum absolute atomic E-state index is 0.332. The zero-order chi connectivity index (χ0) is 24.7. The van der Waals surface area contributed by atoms with Gasteiger partial charge in [0.05, 0.1) is 5.69 Å². The summed E-state index contributed by atoms with van der Waals surface area (Å²) in [5.74, 6) is 0.435. The van der Waals surface area contributed by atoms with Gasteiger partial charge in [0.25, 0.3) is 0 Å². The lowest BCUT2D eigenvalue weighted by Crippen LogP contribution is -2.63. The summed E-state index contributed by atoms with van der Waals surface area (Å²) in [6.07, 6.45) is 6.60. The van der Waals surface area contributed by atoms with Crippen molar-refractivity contribution in [1.82, 2.24) is 19.7 Å². The summed E-state index contributed by atoms with van der Waals surface area (Å²) >= 11 is 0. The first kappa shape index (κ1) is 24.6. The Morgan fingerprint density at radius 2 is 1.71 bits per heavy atom. The molecule has 0 amide bonds. The number of rotatable bonds is 8. The number of hydrogen-bond acceptors (Lipinski definition) is 5. The van der Waals surface area contributed by atoms with Gasteiger partial charge in [-0.1, -0.05) is 45.0 Å². The molecule has 34 heavy (non-hydrogen) atoms. The third-order valence-electron chi connectivity index (χ3n) is 7.48. The molecule has 1 saturated heterocycles. The van der Waals surface area contributed by atoms with Gasteiger partial charge in [0.1, 0.15) is 11.2 Å². The molecule has 1 aromatic carbocycles. The molecular weight excluding hydrogens is 424 g/mol. The largest absolute Gasteiger partial charge is 0.384 e. The minimum Gasteiger partial charge on any atom is -0.384 e. The van der Waals surface area contributed by atoms with Crippen molar-refractivity contribution in [2.24, 2.45) is 12.5 Å². The predicted molar refractivity (Wildman–Crippen MR) is 134 cm³/mol. The molecule has 1 aliphatic heterocycles. The lowest BCUT2D eigenvalue weighted by atomic mass is 9.62. The van der Waals surface area contributed by atoms with Gasteiger partial charge in [-0.15, -0.1) is 0 Å². The third kappa shape index (κ3) is 4.42. The number of aryl methyl sites for hydroxylation is 2. The van der Waals surface area contributed by atoms with Crippen LogP contribution in [0.5, 0.6) is 0 Å². The van der Waals surface area contributed by atoms with Crippen molar-refractivity contribution in [3.8, 4) is 0 Å². The second kappa shape index (κ2) is 8.91. The third-order valence-corrected chi connectivity index (χ3v) is 7.48. The summed E-state index contributed by atoms with van der Waals surface area (Å²) in [5.41, 5.74) is 2.06. The molecule has 3 heterocycles. The molecule has 0 aliphatic carbocycles. The van der Waals surface area contributed by atoms with Crippen molar-refractivity contribution in [3.05, 3.63) is 82.9 Å². The van der Waals surface area contributed by atoms with Crippen molar-refractivity contribution in [3.63, 3.8) is 0 Å². The smallest absolute Gasteiger partial charge is 0.124 e. The van der Waals surface area contributed by atoms with Gasteiger partial charge in [0.2, 0.25) is 0 Å². The summed E-state index contributed by atoms with van der Waals surface area (Å²) in [6, 6.07) is 12.3. The van der Waals surface area contributed by atoms with Gasteiger partial charge in [-0.25, -0.2) is 0 Å². The fraction of sp³-hybridized carbons (Fsp3) is 0.500. The number of aliphatic hydroxyl groups is 2. The van der Waals surface area contributed by atoms with Gasteiger partial charge in [-0.3, -0.25) is 9.67 Å². The maximum Gasteiger partial charge on any atom is 0.124 e. The number of pyridine rings is 1. The molecule has 4 rings (SSSR count). The molecule has 6 heteroatoms. The van der Waals surface area contributed by atoms with Crippen LogP contribution in [0.3, 0.4) is 0 Å². The molecule has 1 aliphatic rings. The second-order valence-electron chi connectivity index (χ2n) is 11.0. The Bertz CT molecular complexity index is 1130. The van der Waals surface area contributed by atoms with Crippen molar-refractivity contribution >= 4 is 0 Å². The number of likely N-dealkylation sites (tertiary alicyclic amines) is 1. The molecule has 2 atom stereocenters. The topological polar surface area (TPSA) is 74.4 Å². The van der Waals surface area contributed by atoms with E-state index in [9.17, 15) is 10.2 Å². The monoisotopic (exact) mass is 462 g/mol. The van der Waals surface area contributed by atoms with Crippen LogP contribution in [-0.2, 0) is 24.7 Å². The molecule has 182 valence electrons. The van der Waals surface area contributed by atoms with Gasteiger partial charge in [-0.05, 0) is 61.6 Å². The lowest BCUT2D eigenvalue weighted by Gasteiger charge is -2.56. The highest BCUT2D eigenvalue weighted by Gasteiger charge is 2.55. The first-order valence-corrected chi connectivity index (χ1v) is 12.1. The van der Waals surface area contributed by atoms with Crippen molar-refractivity contribution in [2.75, 3.05) is 20.1 Å². The van der Waals surface area contributed by atoms with Gasteiger partial charge in [0, 0.05) is 49.7 Å². The lowest BCUT2D eigenvalue weighted by molar-refractivity contribution is -0.127. The van der Waals surface area contributed by atoms with Crippen LogP contribution in [0.25, 0.3) is 0 Å². The number of hydrogen-bond donors (Lipinski definition) is 2. The van der Waals surface area contributed by atoms with Crippen LogP contribution < -0.4 is 0 Å². The van der Waals surface area contributed by atoms with Crippen molar-refractivity contribution < 1.29 is 10.2 Å². The van der Waals surface area contributed by atoms with Gasteiger partial charge < -0.3 is 15.1 Å². The Labute approximate surface area is 203 Å². The average molecular weight is 463 g/mol. The highest BCUT2D eigenvalue weighted by molar-refractivity contribution is 5.42. The SMILES string of the molecule is CC(C)c1ccc(C(O)(c2cncc(CCC(C)(O)c3ccn(C)n3)c2)C2(C)CN(C)C2)cc1. The molecule has 0 spiro atoms. The normalized spacial score (nSPS) is 19.4. The summed E-state index contributed by atoms with van der Waals surface area (Å²) in [6.45, 7) is 9.90. The van der Waals surface area contributed by atoms with E-state index in [0.717, 1.165) is 29.8 Å². The van der Waals surface area contributed by atoms with E-state index in [4.69, 9.17) is 0 Å². The molecule has 3 aromatic rings. The van der Waals surface area contributed by atoms with E-state index in [2.05, 4.69) is 73.1 Å². The maximum atomic E-state index is 12.4. The van der Waals surface area contributed by atoms with Gasteiger partial charge in [-0.2, -0.15) is 5.10 Å². The second-order valence-corrected chi connectivity index (χ2v) is 11.0. The molecule has 2 aromatic heterocycles.